The number of benzene rings is 1. The molecule has 0 radical (unpaired) electrons. The number of ketones is 1. The lowest BCUT2D eigenvalue weighted by Crippen LogP contribution is -2.17. The van der Waals surface area contributed by atoms with Crippen molar-refractivity contribution in [3.05, 3.63) is 29.8 Å². The van der Waals surface area contributed by atoms with Crippen molar-refractivity contribution in [2.75, 3.05) is 13.7 Å². The fourth-order valence-corrected chi connectivity index (χ4v) is 1.21. The summed E-state index contributed by atoms with van der Waals surface area (Å²) in [5.41, 5.74) is 0.170. The van der Waals surface area contributed by atoms with Crippen LogP contribution in [0.15, 0.2) is 24.3 Å². The second-order valence-electron chi connectivity index (χ2n) is 3.24. The zero-order valence-electron chi connectivity index (χ0n) is 9.08. The first-order chi connectivity index (χ1) is 7.92. The Labute approximate surface area is 96.1 Å². The summed E-state index contributed by atoms with van der Waals surface area (Å²) in [5, 5.41) is 0. The maximum Gasteiger partial charge on any atom is 0.573 e. The molecule has 0 N–H and O–H groups in total. The summed E-state index contributed by atoms with van der Waals surface area (Å²) < 4.78 is 44.3. The van der Waals surface area contributed by atoms with E-state index >= 15 is 0 Å². The van der Waals surface area contributed by atoms with E-state index in [9.17, 15) is 18.0 Å². The van der Waals surface area contributed by atoms with Crippen LogP contribution in [0.3, 0.4) is 0 Å². The molecule has 0 aromatic heterocycles. The Kier molecular flexibility index (Phi) is 4.51. The first-order valence-electron chi connectivity index (χ1n) is 4.80. The first-order valence-corrected chi connectivity index (χ1v) is 4.80. The number of methoxy groups -OCH3 is 1. The van der Waals surface area contributed by atoms with Crippen molar-refractivity contribution >= 4 is 5.78 Å². The molecular formula is C11H11F3O3. The highest BCUT2D eigenvalue weighted by Gasteiger charge is 2.31. The van der Waals surface area contributed by atoms with Crippen LogP contribution in [0.25, 0.3) is 0 Å². The molecule has 17 heavy (non-hydrogen) atoms. The van der Waals surface area contributed by atoms with Crippen LogP contribution in [0.4, 0.5) is 13.2 Å². The van der Waals surface area contributed by atoms with E-state index in [-0.39, 0.29) is 24.4 Å². The smallest absolute Gasteiger partial charge is 0.406 e. The maximum atomic E-state index is 11.9. The maximum absolute atomic E-state index is 11.9. The minimum Gasteiger partial charge on any atom is -0.406 e. The van der Waals surface area contributed by atoms with Gasteiger partial charge in [0.2, 0.25) is 0 Å². The van der Waals surface area contributed by atoms with Gasteiger partial charge in [-0.25, -0.2) is 0 Å². The van der Waals surface area contributed by atoms with Gasteiger partial charge < -0.3 is 9.47 Å². The molecule has 1 aromatic carbocycles. The molecule has 0 saturated heterocycles. The molecule has 0 bridgehead atoms. The zero-order valence-corrected chi connectivity index (χ0v) is 9.08. The summed E-state index contributed by atoms with van der Waals surface area (Å²) in [6, 6.07) is 4.97. The van der Waals surface area contributed by atoms with Gasteiger partial charge in [-0.05, 0) is 12.1 Å². The Morgan fingerprint density at radius 3 is 2.65 bits per heavy atom. The summed E-state index contributed by atoms with van der Waals surface area (Å²) in [7, 11) is 1.44. The van der Waals surface area contributed by atoms with E-state index in [1.165, 1.54) is 19.2 Å². The molecule has 3 nitrogen and oxygen atoms in total. The van der Waals surface area contributed by atoms with Crippen LogP contribution in [0.1, 0.15) is 16.8 Å². The molecule has 0 amide bonds. The third kappa shape index (κ3) is 4.86. The van der Waals surface area contributed by atoms with Crippen LogP contribution in [-0.4, -0.2) is 25.9 Å². The summed E-state index contributed by atoms with van der Waals surface area (Å²) in [6.45, 7) is 0.225. The standard InChI is InChI=1S/C11H11F3O3/c1-16-6-5-10(15)8-3-2-4-9(7-8)17-11(12,13)14/h2-4,7H,5-6H2,1H3. The Hall–Kier alpha value is -1.56. The Morgan fingerprint density at radius 2 is 2.06 bits per heavy atom. The Morgan fingerprint density at radius 1 is 1.35 bits per heavy atom. The van der Waals surface area contributed by atoms with Gasteiger partial charge in [0.05, 0.1) is 6.61 Å². The number of hydrogen-bond acceptors (Lipinski definition) is 3. The molecule has 94 valence electrons. The Balaban J connectivity index is 2.75. The third-order valence-electron chi connectivity index (χ3n) is 1.92. The van der Waals surface area contributed by atoms with E-state index in [4.69, 9.17) is 4.74 Å². The van der Waals surface area contributed by atoms with Crippen molar-refractivity contribution in [3.63, 3.8) is 0 Å². The van der Waals surface area contributed by atoms with Crippen molar-refractivity contribution in [3.8, 4) is 5.75 Å². The van der Waals surface area contributed by atoms with E-state index < -0.39 is 12.1 Å². The number of rotatable bonds is 5. The predicted octanol–water partition coefficient (Wildman–Crippen LogP) is 2.80. The van der Waals surface area contributed by atoms with Crippen molar-refractivity contribution in [1.82, 2.24) is 0 Å². The number of Topliss-reactive ketones (excluding diaryl/α,β-unsaturated/α-hetero) is 1. The minimum atomic E-state index is -4.76. The molecule has 1 rings (SSSR count). The van der Waals surface area contributed by atoms with E-state index in [0.29, 0.717) is 0 Å². The van der Waals surface area contributed by atoms with Gasteiger partial charge in [-0.15, -0.1) is 13.2 Å². The Bertz CT molecular complexity index is 388. The molecule has 0 unspecified atom stereocenters. The summed E-state index contributed by atoms with van der Waals surface area (Å²) in [5.74, 6) is -0.694. The molecule has 0 aliphatic heterocycles. The average molecular weight is 248 g/mol. The second-order valence-corrected chi connectivity index (χ2v) is 3.24. The molecule has 0 fully saturated rings. The van der Waals surface area contributed by atoms with Crippen LogP contribution < -0.4 is 4.74 Å². The van der Waals surface area contributed by atoms with Gasteiger partial charge in [0.15, 0.2) is 5.78 Å². The minimum absolute atomic E-state index is 0.117. The molecule has 0 aliphatic carbocycles. The molecule has 0 atom stereocenters. The van der Waals surface area contributed by atoms with E-state index in [2.05, 4.69) is 4.74 Å². The highest BCUT2D eigenvalue weighted by molar-refractivity contribution is 5.96. The number of hydrogen-bond donors (Lipinski definition) is 0. The molecule has 0 aliphatic rings. The first kappa shape index (κ1) is 13.5. The van der Waals surface area contributed by atoms with Crippen molar-refractivity contribution < 1.29 is 27.4 Å². The summed E-state index contributed by atoms with van der Waals surface area (Å²) in [4.78, 5) is 11.5. The molecule has 6 heteroatoms. The zero-order chi connectivity index (χ0) is 12.9. The van der Waals surface area contributed by atoms with Gasteiger partial charge in [0.25, 0.3) is 0 Å². The highest BCUT2D eigenvalue weighted by Crippen LogP contribution is 2.23. The number of ether oxygens (including phenoxy) is 2. The van der Waals surface area contributed by atoms with Crippen LogP contribution >= 0.6 is 0 Å². The number of carbonyl (C=O) groups excluding carboxylic acids is 1. The topological polar surface area (TPSA) is 35.5 Å². The van der Waals surface area contributed by atoms with Gasteiger partial charge in [-0.1, -0.05) is 12.1 Å². The van der Waals surface area contributed by atoms with E-state index in [0.717, 1.165) is 12.1 Å². The third-order valence-corrected chi connectivity index (χ3v) is 1.92. The molecule has 0 heterocycles. The highest BCUT2D eigenvalue weighted by atomic mass is 19.4. The predicted molar refractivity (Wildman–Crippen MR) is 53.9 cm³/mol. The van der Waals surface area contributed by atoms with E-state index in [1.54, 1.807) is 0 Å². The van der Waals surface area contributed by atoms with Crippen LogP contribution in [0, 0.1) is 0 Å². The van der Waals surface area contributed by atoms with Crippen LogP contribution in [-0.2, 0) is 4.74 Å². The normalized spacial score (nSPS) is 11.3. The van der Waals surface area contributed by atoms with Gasteiger partial charge in [0.1, 0.15) is 5.75 Å². The van der Waals surface area contributed by atoms with Gasteiger partial charge in [-0.2, -0.15) is 0 Å². The summed E-state index contributed by atoms with van der Waals surface area (Å²) in [6.07, 6.45) is -4.64. The van der Waals surface area contributed by atoms with Gasteiger partial charge >= 0.3 is 6.36 Å². The second kappa shape index (κ2) is 5.67. The van der Waals surface area contributed by atoms with Crippen molar-refractivity contribution in [1.29, 1.82) is 0 Å². The number of alkyl halides is 3. The van der Waals surface area contributed by atoms with Crippen molar-refractivity contribution in [2.24, 2.45) is 0 Å². The quantitative estimate of drug-likeness (QED) is 0.751. The summed E-state index contributed by atoms with van der Waals surface area (Å²) >= 11 is 0. The molecule has 0 spiro atoms. The van der Waals surface area contributed by atoms with Crippen LogP contribution in [0.2, 0.25) is 0 Å². The lowest BCUT2D eigenvalue weighted by Gasteiger charge is -2.09. The molecule has 1 aromatic rings. The van der Waals surface area contributed by atoms with Crippen molar-refractivity contribution in [2.45, 2.75) is 12.8 Å². The number of halogens is 3. The van der Waals surface area contributed by atoms with Gasteiger partial charge in [0, 0.05) is 19.1 Å². The monoisotopic (exact) mass is 248 g/mol. The molecule has 0 saturated carbocycles. The lowest BCUT2D eigenvalue weighted by molar-refractivity contribution is -0.274. The SMILES string of the molecule is COCCC(=O)c1cccc(OC(F)(F)F)c1. The molecular weight excluding hydrogens is 237 g/mol. The van der Waals surface area contributed by atoms with Crippen LogP contribution in [0.5, 0.6) is 5.75 Å². The lowest BCUT2D eigenvalue weighted by atomic mass is 10.1. The average Bonchev–Trinajstić information content (AvgIpc) is 2.24. The largest absolute Gasteiger partial charge is 0.573 e. The fourth-order valence-electron chi connectivity index (χ4n) is 1.21. The van der Waals surface area contributed by atoms with E-state index in [1.807, 2.05) is 0 Å². The number of carbonyl (C=O) groups is 1. The fraction of sp³-hybridized carbons (Fsp3) is 0.364. The van der Waals surface area contributed by atoms with Gasteiger partial charge in [-0.3, -0.25) is 4.79 Å².